The van der Waals surface area contributed by atoms with Crippen LogP contribution < -0.4 is 5.32 Å². The average Bonchev–Trinajstić information content (AvgIpc) is 2.21. The van der Waals surface area contributed by atoms with Gasteiger partial charge in [0, 0.05) is 6.04 Å². The molecule has 0 aromatic heterocycles. The summed E-state index contributed by atoms with van der Waals surface area (Å²) >= 11 is 0. The van der Waals surface area contributed by atoms with Gasteiger partial charge in [0.05, 0.1) is 6.54 Å². The Bertz CT molecular complexity index is 203. The van der Waals surface area contributed by atoms with Crippen LogP contribution in [0, 0.1) is 0 Å². The molecule has 0 bridgehead atoms. The summed E-state index contributed by atoms with van der Waals surface area (Å²) in [4.78, 5) is 1.42. The third kappa shape index (κ3) is 3.90. The van der Waals surface area contributed by atoms with Crippen LogP contribution in [-0.4, -0.2) is 49.5 Å². The number of hydrogen-bond acceptors (Lipinski definition) is 2. The summed E-state index contributed by atoms with van der Waals surface area (Å²) in [6.07, 6.45) is -2.08. The number of halogens is 4. The second-order valence-corrected chi connectivity index (χ2v) is 4.17. The van der Waals surface area contributed by atoms with Crippen molar-refractivity contribution < 1.29 is 17.6 Å². The van der Waals surface area contributed by atoms with E-state index >= 15 is 0 Å². The SMILES string of the molecule is CCNC1CCN(CC(F)(F)C(F)F)CC1. The summed E-state index contributed by atoms with van der Waals surface area (Å²) in [7, 11) is 0. The third-order valence-corrected chi connectivity index (χ3v) is 2.83. The molecular formula is C10H18F4N2. The highest BCUT2D eigenvalue weighted by molar-refractivity contribution is 4.81. The van der Waals surface area contributed by atoms with Crippen LogP contribution in [0.3, 0.4) is 0 Å². The van der Waals surface area contributed by atoms with Gasteiger partial charge in [0.25, 0.3) is 0 Å². The number of nitrogens with zero attached hydrogens (tertiary/aromatic N) is 1. The maximum absolute atomic E-state index is 12.8. The Morgan fingerprint density at radius 3 is 2.31 bits per heavy atom. The zero-order valence-corrected chi connectivity index (χ0v) is 9.36. The van der Waals surface area contributed by atoms with E-state index < -0.39 is 18.9 Å². The van der Waals surface area contributed by atoms with Gasteiger partial charge in [-0.05, 0) is 32.5 Å². The first kappa shape index (κ1) is 13.7. The van der Waals surface area contributed by atoms with Crippen molar-refractivity contribution in [2.24, 2.45) is 0 Å². The normalized spacial score (nSPS) is 20.6. The number of rotatable bonds is 5. The Balaban J connectivity index is 2.32. The molecular weight excluding hydrogens is 224 g/mol. The van der Waals surface area contributed by atoms with Gasteiger partial charge in [-0.3, -0.25) is 4.90 Å². The van der Waals surface area contributed by atoms with Crippen LogP contribution in [0.5, 0.6) is 0 Å². The van der Waals surface area contributed by atoms with Crippen molar-refractivity contribution in [2.45, 2.75) is 38.2 Å². The molecule has 96 valence electrons. The lowest BCUT2D eigenvalue weighted by Gasteiger charge is -2.34. The predicted octanol–water partition coefficient (Wildman–Crippen LogP) is 1.96. The Morgan fingerprint density at radius 1 is 1.31 bits per heavy atom. The molecule has 1 rings (SSSR count). The summed E-state index contributed by atoms with van der Waals surface area (Å²) < 4.78 is 49.5. The van der Waals surface area contributed by atoms with Crippen LogP contribution in [0.25, 0.3) is 0 Å². The largest absolute Gasteiger partial charge is 0.319 e. The summed E-state index contributed by atoms with van der Waals surface area (Å²) in [5, 5.41) is 3.23. The highest BCUT2D eigenvalue weighted by atomic mass is 19.3. The van der Waals surface area contributed by atoms with E-state index in [1.54, 1.807) is 0 Å². The summed E-state index contributed by atoms with van der Waals surface area (Å²) in [5.74, 6) is -3.88. The van der Waals surface area contributed by atoms with Gasteiger partial charge in [0.15, 0.2) is 0 Å². The van der Waals surface area contributed by atoms with Gasteiger partial charge in [-0.2, -0.15) is 8.78 Å². The lowest BCUT2D eigenvalue weighted by Crippen LogP contribution is -2.48. The Morgan fingerprint density at radius 2 is 1.88 bits per heavy atom. The molecule has 0 atom stereocenters. The van der Waals surface area contributed by atoms with Crippen molar-refractivity contribution in [3.8, 4) is 0 Å². The first-order valence-corrected chi connectivity index (χ1v) is 5.57. The first-order valence-electron chi connectivity index (χ1n) is 5.57. The molecule has 1 aliphatic heterocycles. The van der Waals surface area contributed by atoms with Gasteiger partial charge < -0.3 is 5.32 Å². The van der Waals surface area contributed by atoms with E-state index in [9.17, 15) is 17.6 Å². The summed E-state index contributed by atoms with van der Waals surface area (Å²) in [6.45, 7) is 2.92. The number of nitrogens with one attached hydrogen (secondary N) is 1. The van der Waals surface area contributed by atoms with E-state index in [1.165, 1.54) is 4.90 Å². The fourth-order valence-electron chi connectivity index (χ4n) is 1.95. The summed E-state index contributed by atoms with van der Waals surface area (Å²) in [5.41, 5.74) is 0. The predicted molar refractivity (Wildman–Crippen MR) is 54.1 cm³/mol. The number of alkyl halides is 4. The van der Waals surface area contributed by atoms with Crippen LogP contribution in [0.1, 0.15) is 19.8 Å². The molecule has 16 heavy (non-hydrogen) atoms. The fourth-order valence-corrected chi connectivity index (χ4v) is 1.95. The van der Waals surface area contributed by atoms with Gasteiger partial charge in [-0.1, -0.05) is 6.92 Å². The molecule has 0 saturated carbocycles. The Kier molecular flexibility index (Phi) is 4.98. The Hall–Kier alpha value is -0.360. The number of piperidine rings is 1. The topological polar surface area (TPSA) is 15.3 Å². The fraction of sp³-hybridized carbons (Fsp3) is 1.00. The van der Waals surface area contributed by atoms with Crippen molar-refractivity contribution in [1.82, 2.24) is 10.2 Å². The molecule has 1 aliphatic rings. The molecule has 0 aromatic carbocycles. The van der Waals surface area contributed by atoms with Crippen LogP contribution in [0.15, 0.2) is 0 Å². The van der Waals surface area contributed by atoms with Crippen molar-refractivity contribution in [3.05, 3.63) is 0 Å². The van der Waals surface area contributed by atoms with E-state index in [0.29, 0.717) is 19.1 Å². The smallest absolute Gasteiger partial charge is 0.314 e. The molecule has 1 N–H and O–H groups in total. The molecule has 0 unspecified atom stereocenters. The van der Waals surface area contributed by atoms with Crippen LogP contribution in [-0.2, 0) is 0 Å². The van der Waals surface area contributed by atoms with Gasteiger partial charge in [0.1, 0.15) is 0 Å². The Labute approximate surface area is 93.0 Å². The van der Waals surface area contributed by atoms with Gasteiger partial charge in [-0.25, -0.2) is 8.78 Å². The molecule has 0 aromatic rings. The second-order valence-electron chi connectivity index (χ2n) is 4.17. The molecule has 1 saturated heterocycles. The van der Waals surface area contributed by atoms with Gasteiger partial charge in [0.2, 0.25) is 0 Å². The molecule has 0 spiro atoms. The van der Waals surface area contributed by atoms with Crippen LogP contribution in [0.2, 0.25) is 0 Å². The lowest BCUT2D eigenvalue weighted by atomic mass is 10.0. The second kappa shape index (κ2) is 5.82. The minimum Gasteiger partial charge on any atom is -0.314 e. The van der Waals surface area contributed by atoms with Crippen LogP contribution in [0.4, 0.5) is 17.6 Å². The quantitative estimate of drug-likeness (QED) is 0.741. The van der Waals surface area contributed by atoms with E-state index in [2.05, 4.69) is 5.32 Å². The van der Waals surface area contributed by atoms with Gasteiger partial charge >= 0.3 is 12.3 Å². The molecule has 1 fully saturated rings. The first-order chi connectivity index (χ1) is 7.45. The van der Waals surface area contributed by atoms with E-state index in [-0.39, 0.29) is 0 Å². The van der Waals surface area contributed by atoms with E-state index in [0.717, 1.165) is 19.4 Å². The van der Waals surface area contributed by atoms with Crippen molar-refractivity contribution in [2.75, 3.05) is 26.2 Å². The van der Waals surface area contributed by atoms with E-state index in [1.807, 2.05) is 6.92 Å². The highest BCUT2D eigenvalue weighted by Gasteiger charge is 2.42. The number of hydrogen-bond donors (Lipinski definition) is 1. The van der Waals surface area contributed by atoms with Crippen molar-refractivity contribution >= 4 is 0 Å². The van der Waals surface area contributed by atoms with E-state index in [4.69, 9.17) is 0 Å². The average molecular weight is 242 g/mol. The lowest BCUT2D eigenvalue weighted by molar-refractivity contribution is -0.144. The molecule has 0 amide bonds. The maximum Gasteiger partial charge on any atom is 0.319 e. The monoisotopic (exact) mass is 242 g/mol. The molecule has 0 radical (unpaired) electrons. The van der Waals surface area contributed by atoms with Gasteiger partial charge in [-0.15, -0.1) is 0 Å². The zero-order valence-electron chi connectivity index (χ0n) is 9.36. The standard InChI is InChI=1S/C10H18F4N2/c1-2-15-8-3-5-16(6-4-8)7-10(13,14)9(11)12/h8-9,15H,2-7H2,1H3. The number of likely N-dealkylation sites (tertiary alicyclic amines) is 1. The minimum atomic E-state index is -3.88. The third-order valence-electron chi connectivity index (χ3n) is 2.83. The van der Waals surface area contributed by atoms with Crippen molar-refractivity contribution in [3.63, 3.8) is 0 Å². The molecule has 6 heteroatoms. The van der Waals surface area contributed by atoms with Crippen LogP contribution >= 0.6 is 0 Å². The highest BCUT2D eigenvalue weighted by Crippen LogP contribution is 2.25. The zero-order chi connectivity index (χ0) is 12.2. The molecule has 1 heterocycles. The molecule has 0 aliphatic carbocycles. The summed E-state index contributed by atoms with van der Waals surface area (Å²) in [6, 6.07) is 0.335. The molecule has 2 nitrogen and oxygen atoms in total. The maximum atomic E-state index is 12.8. The van der Waals surface area contributed by atoms with Crippen molar-refractivity contribution in [1.29, 1.82) is 0 Å². The minimum absolute atomic E-state index is 0.335.